The Morgan fingerprint density at radius 3 is 2.47 bits per heavy atom. The van der Waals surface area contributed by atoms with Crippen LogP contribution in [-0.4, -0.2) is 38.8 Å². The number of nitrogens with two attached hydrogens (primary N) is 1. The van der Waals surface area contributed by atoms with Gasteiger partial charge in [-0.05, 0) is 18.7 Å². The van der Waals surface area contributed by atoms with Crippen LogP contribution in [0.2, 0.25) is 0 Å². The maximum Gasteiger partial charge on any atom is 0.416 e. The van der Waals surface area contributed by atoms with E-state index in [1.807, 2.05) is 0 Å². The van der Waals surface area contributed by atoms with Crippen molar-refractivity contribution >= 4 is 0 Å². The van der Waals surface area contributed by atoms with Crippen molar-refractivity contribution in [3.8, 4) is 0 Å². The molecule has 0 aromatic heterocycles. The minimum absolute atomic E-state index is 0.118. The molecule has 0 fully saturated rings. The predicted molar refractivity (Wildman–Crippen MR) is 67.7 cm³/mol. The van der Waals surface area contributed by atoms with Gasteiger partial charge >= 0.3 is 6.18 Å². The molecule has 1 rings (SSSR count). The molecule has 108 valence electrons. The molecule has 0 saturated heterocycles. The summed E-state index contributed by atoms with van der Waals surface area (Å²) >= 11 is 0. The quantitative estimate of drug-likeness (QED) is 0.866. The first-order valence-electron chi connectivity index (χ1n) is 5.97. The normalized spacial score (nSPS) is 13.8. The molecule has 0 aliphatic heterocycles. The van der Waals surface area contributed by atoms with Crippen LogP contribution in [-0.2, 0) is 10.9 Å². The number of nitrogens with zero attached hydrogens (tertiary/aromatic N) is 1. The molecule has 6 heteroatoms. The van der Waals surface area contributed by atoms with Crippen LogP contribution in [0.25, 0.3) is 0 Å². The largest absolute Gasteiger partial charge is 0.416 e. The van der Waals surface area contributed by atoms with Gasteiger partial charge in [-0.25, -0.2) is 0 Å². The maximum atomic E-state index is 13.0. The van der Waals surface area contributed by atoms with Crippen molar-refractivity contribution in [1.82, 2.24) is 4.90 Å². The Bertz CT molecular complexity index is 396. The lowest BCUT2D eigenvalue weighted by molar-refractivity contribution is -0.138. The molecule has 0 aliphatic carbocycles. The number of alkyl halides is 3. The Hall–Kier alpha value is -1.11. The molecule has 0 heterocycles. The number of benzene rings is 1. The number of hydrogen-bond acceptors (Lipinski definition) is 3. The van der Waals surface area contributed by atoms with E-state index in [0.717, 1.165) is 6.07 Å². The van der Waals surface area contributed by atoms with Crippen LogP contribution in [0.3, 0.4) is 0 Å². The fraction of sp³-hybridized carbons (Fsp3) is 0.538. The van der Waals surface area contributed by atoms with Gasteiger partial charge < -0.3 is 10.5 Å². The molecule has 1 aromatic carbocycles. The molecule has 1 atom stereocenters. The minimum atomic E-state index is -4.37. The van der Waals surface area contributed by atoms with Gasteiger partial charge in [0.15, 0.2) is 0 Å². The molecule has 0 amide bonds. The van der Waals surface area contributed by atoms with E-state index in [2.05, 4.69) is 0 Å². The number of halogens is 3. The number of ether oxygens (including phenoxy) is 1. The molecule has 0 saturated carbocycles. The van der Waals surface area contributed by atoms with Gasteiger partial charge in [0, 0.05) is 26.2 Å². The van der Waals surface area contributed by atoms with Crippen molar-refractivity contribution in [2.24, 2.45) is 5.73 Å². The zero-order chi connectivity index (χ0) is 14.5. The fourth-order valence-electron chi connectivity index (χ4n) is 1.98. The summed E-state index contributed by atoms with van der Waals surface area (Å²) in [7, 11) is 3.29. The van der Waals surface area contributed by atoms with Gasteiger partial charge in [0.1, 0.15) is 0 Å². The summed E-state index contributed by atoms with van der Waals surface area (Å²) in [5.41, 5.74) is 5.21. The highest BCUT2D eigenvalue weighted by Gasteiger charge is 2.35. The van der Waals surface area contributed by atoms with E-state index in [-0.39, 0.29) is 12.1 Å². The van der Waals surface area contributed by atoms with E-state index < -0.39 is 17.8 Å². The first-order chi connectivity index (χ1) is 8.91. The predicted octanol–water partition coefficient (Wildman–Crippen LogP) is 2.28. The average Bonchev–Trinajstić information content (AvgIpc) is 2.36. The SMILES string of the molecule is COCCN(C)C(CN)c1ccccc1C(F)(F)F. The summed E-state index contributed by atoms with van der Waals surface area (Å²) in [6, 6.07) is 5.06. The number of rotatable bonds is 6. The Morgan fingerprint density at radius 2 is 1.95 bits per heavy atom. The van der Waals surface area contributed by atoms with Crippen LogP contribution in [0.4, 0.5) is 13.2 Å². The van der Waals surface area contributed by atoms with Gasteiger partial charge in [-0.3, -0.25) is 4.90 Å². The monoisotopic (exact) mass is 276 g/mol. The Kier molecular flexibility index (Phi) is 5.78. The molecule has 2 N–H and O–H groups in total. The van der Waals surface area contributed by atoms with Crippen molar-refractivity contribution < 1.29 is 17.9 Å². The van der Waals surface area contributed by atoms with E-state index in [4.69, 9.17) is 10.5 Å². The minimum Gasteiger partial charge on any atom is -0.383 e. The lowest BCUT2D eigenvalue weighted by Gasteiger charge is -2.29. The zero-order valence-electron chi connectivity index (χ0n) is 11.1. The molecular formula is C13H19F3N2O. The van der Waals surface area contributed by atoms with Gasteiger partial charge in [-0.2, -0.15) is 13.2 Å². The van der Waals surface area contributed by atoms with Gasteiger partial charge in [0.2, 0.25) is 0 Å². The molecular weight excluding hydrogens is 257 g/mol. The first kappa shape index (κ1) is 15.9. The first-order valence-corrected chi connectivity index (χ1v) is 5.97. The molecule has 0 spiro atoms. The van der Waals surface area contributed by atoms with Crippen molar-refractivity contribution in [3.05, 3.63) is 35.4 Å². The zero-order valence-corrected chi connectivity index (χ0v) is 11.1. The van der Waals surface area contributed by atoms with Crippen molar-refractivity contribution in [2.75, 3.05) is 33.9 Å². The smallest absolute Gasteiger partial charge is 0.383 e. The van der Waals surface area contributed by atoms with Crippen molar-refractivity contribution in [2.45, 2.75) is 12.2 Å². The second kappa shape index (κ2) is 6.88. The molecule has 0 aliphatic rings. The third-order valence-electron chi connectivity index (χ3n) is 3.03. The maximum absolute atomic E-state index is 13.0. The van der Waals surface area contributed by atoms with Gasteiger partial charge in [0.25, 0.3) is 0 Å². The summed E-state index contributed by atoms with van der Waals surface area (Å²) in [6.45, 7) is 1.08. The van der Waals surface area contributed by atoms with E-state index in [1.165, 1.54) is 12.1 Å². The Morgan fingerprint density at radius 1 is 1.32 bits per heavy atom. The van der Waals surface area contributed by atoms with Crippen LogP contribution < -0.4 is 5.73 Å². The van der Waals surface area contributed by atoms with E-state index in [1.54, 1.807) is 25.1 Å². The van der Waals surface area contributed by atoms with E-state index in [0.29, 0.717) is 13.2 Å². The Balaban J connectivity index is 3.05. The molecule has 1 unspecified atom stereocenters. The second-order valence-corrected chi connectivity index (χ2v) is 4.31. The van der Waals surface area contributed by atoms with E-state index in [9.17, 15) is 13.2 Å². The summed E-state index contributed by atoms with van der Waals surface area (Å²) in [5.74, 6) is 0. The highest BCUT2D eigenvalue weighted by atomic mass is 19.4. The van der Waals surface area contributed by atoms with Crippen molar-refractivity contribution in [1.29, 1.82) is 0 Å². The standard InChI is InChI=1S/C13H19F3N2O/c1-18(7-8-19-2)12(9-17)10-5-3-4-6-11(10)13(14,15)16/h3-6,12H,7-9,17H2,1-2H3. The fourth-order valence-corrected chi connectivity index (χ4v) is 1.98. The van der Waals surface area contributed by atoms with Gasteiger partial charge in [-0.1, -0.05) is 18.2 Å². The van der Waals surface area contributed by atoms with Gasteiger partial charge in [-0.15, -0.1) is 0 Å². The van der Waals surface area contributed by atoms with Crippen LogP contribution in [0, 0.1) is 0 Å². The lowest BCUT2D eigenvalue weighted by Crippen LogP contribution is -2.34. The third-order valence-corrected chi connectivity index (χ3v) is 3.03. The highest BCUT2D eigenvalue weighted by Crippen LogP contribution is 2.35. The molecule has 0 bridgehead atoms. The Labute approximate surface area is 111 Å². The number of likely N-dealkylation sites (N-methyl/N-ethyl adjacent to an activating group) is 1. The lowest BCUT2D eigenvalue weighted by atomic mass is 9.99. The molecule has 3 nitrogen and oxygen atoms in total. The van der Waals surface area contributed by atoms with Crippen LogP contribution in [0.15, 0.2) is 24.3 Å². The van der Waals surface area contributed by atoms with Gasteiger partial charge in [0.05, 0.1) is 12.2 Å². The summed E-state index contributed by atoms with van der Waals surface area (Å²) < 4.78 is 43.9. The average molecular weight is 276 g/mol. The summed E-state index contributed by atoms with van der Waals surface area (Å²) in [4.78, 5) is 1.77. The summed E-state index contributed by atoms with van der Waals surface area (Å²) in [5, 5.41) is 0. The van der Waals surface area contributed by atoms with E-state index >= 15 is 0 Å². The summed E-state index contributed by atoms with van der Waals surface area (Å²) in [6.07, 6.45) is -4.37. The van der Waals surface area contributed by atoms with Crippen LogP contribution >= 0.6 is 0 Å². The molecule has 1 aromatic rings. The number of hydrogen-bond donors (Lipinski definition) is 1. The second-order valence-electron chi connectivity index (χ2n) is 4.31. The van der Waals surface area contributed by atoms with Crippen LogP contribution in [0.1, 0.15) is 17.2 Å². The van der Waals surface area contributed by atoms with Crippen molar-refractivity contribution in [3.63, 3.8) is 0 Å². The molecule has 0 radical (unpaired) electrons. The third kappa shape index (κ3) is 4.19. The van der Waals surface area contributed by atoms with Crippen LogP contribution in [0.5, 0.6) is 0 Å². The highest BCUT2D eigenvalue weighted by molar-refractivity contribution is 5.32. The number of methoxy groups -OCH3 is 1. The topological polar surface area (TPSA) is 38.5 Å². The molecule has 19 heavy (non-hydrogen) atoms.